The summed E-state index contributed by atoms with van der Waals surface area (Å²) in [6.45, 7) is 4.90. The summed E-state index contributed by atoms with van der Waals surface area (Å²) >= 11 is 0. The number of hydrogen-bond donors (Lipinski definition) is 2. The summed E-state index contributed by atoms with van der Waals surface area (Å²) < 4.78 is 30.9. The van der Waals surface area contributed by atoms with E-state index in [0.717, 1.165) is 0 Å². The highest BCUT2D eigenvalue weighted by Gasteiger charge is 2.27. The van der Waals surface area contributed by atoms with Crippen molar-refractivity contribution < 1.29 is 18.0 Å². The fourth-order valence-corrected chi connectivity index (χ4v) is 2.87. The van der Waals surface area contributed by atoms with E-state index in [2.05, 4.69) is 9.88 Å². The Hall–Kier alpha value is -0.920. The van der Waals surface area contributed by atoms with Gasteiger partial charge in [-0.25, -0.2) is 13.1 Å². The zero-order valence-electron chi connectivity index (χ0n) is 10.2. The van der Waals surface area contributed by atoms with E-state index in [9.17, 15) is 8.42 Å². The molecule has 1 rings (SSSR count). The van der Waals surface area contributed by atoms with E-state index in [4.69, 9.17) is 9.63 Å². The second-order valence-electron chi connectivity index (χ2n) is 4.36. The number of nitrogens with zero attached hydrogens (tertiary/aromatic N) is 1. The number of aryl methyl sites for hydroxylation is 1. The van der Waals surface area contributed by atoms with Crippen molar-refractivity contribution in [1.29, 1.82) is 0 Å². The minimum Gasteiger partial charge on any atom is -0.394 e. The van der Waals surface area contributed by atoms with E-state index in [1.807, 2.05) is 0 Å². The lowest BCUT2D eigenvalue weighted by atomic mass is 10.0. The lowest BCUT2D eigenvalue weighted by Crippen LogP contribution is -2.48. The summed E-state index contributed by atoms with van der Waals surface area (Å²) in [4.78, 5) is 0. The number of aliphatic hydroxyl groups is 1. The fraction of sp³-hybridized carbons (Fsp3) is 0.700. The molecule has 0 aromatic carbocycles. The first-order chi connectivity index (χ1) is 7.80. The molecule has 1 aromatic rings. The Morgan fingerprint density at radius 1 is 1.59 bits per heavy atom. The Morgan fingerprint density at radius 3 is 2.65 bits per heavy atom. The van der Waals surface area contributed by atoms with Crippen LogP contribution >= 0.6 is 0 Å². The summed E-state index contributed by atoms with van der Waals surface area (Å²) in [6, 6.07) is 1.57. The van der Waals surface area contributed by atoms with Gasteiger partial charge in [0, 0.05) is 6.07 Å². The van der Waals surface area contributed by atoms with Gasteiger partial charge in [0.15, 0.2) is 0 Å². The van der Waals surface area contributed by atoms with Crippen LogP contribution in [0.4, 0.5) is 0 Å². The van der Waals surface area contributed by atoms with Gasteiger partial charge in [0.2, 0.25) is 10.0 Å². The molecule has 0 spiro atoms. The molecular formula is C10H18N2O4S. The van der Waals surface area contributed by atoms with E-state index < -0.39 is 15.6 Å². The quantitative estimate of drug-likeness (QED) is 0.781. The van der Waals surface area contributed by atoms with Gasteiger partial charge < -0.3 is 9.63 Å². The van der Waals surface area contributed by atoms with Crippen LogP contribution < -0.4 is 4.72 Å². The van der Waals surface area contributed by atoms with Crippen LogP contribution in [-0.4, -0.2) is 30.8 Å². The van der Waals surface area contributed by atoms with Crippen molar-refractivity contribution in [1.82, 2.24) is 9.88 Å². The summed E-state index contributed by atoms with van der Waals surface area (Å²) in [5.41, 5.74) is -0.483. The molecule has 98 valence electrons. The van der Waals surface area contributed by atoms with Gasteiger partial charge in [-0.1, -0.05) is 12.1 Å². The second-order valence-corrected chi connectivity index (χ2v) is 6.08. The topological polar surface area (TPSA) is 92.4 Å². The molecule has 1 atom stereocenters. The number of sulfonamides is 1. The normalized spacial score (nSPS) is 15.8. The molecule has 0 aliphatic carbocycles. The van der Waals surface area contributed by atoms with Gasteiger partial charge in [0.05, 0.1) is 12.1 Å². The molecule has 1 aromatic heterocycles. The van der Waals surface area contributed by atoms with Gasteiger partial charge in [-0.2, -0.15) is 0 Å². The minimum absolute atomic E-state index is 0.249. The maximum absolute atomic E-state index is 11.8. The summed E-state index contributed by atoms with van der Waals surface area (Å²) in [5.74, 6) is 0.315. The lowest BCUT2D eigenvalue weighted by molar-refractivity contribution is 0.191. The average molecular weight is 262 g/mol. The molecular weight excluding hydrogens is 244 g/mol. The van der Waals surface area contributed by atoms with Crippen molar-refractivity contribution in [3.8, 4) is 0 Å². The van der Waals surface area contributed by atoms with Crippen LogP contribution in [0.1, 0.15) is 31.7 Å². The largest absolute Gasteiger partial charge is 0.394 e. The lowest BCUT2D eigenvalue weighted by Gasteiger charge is -2.26. The molecule has 0 amide bonds. The monoisotopic (exact) mass is 262 g/mol. The molecule has 0 fully saturated rings. The van der Waals surface area contributed by atoms with Crippen molar-refractivity contribution in [2.75, 3.05) is 6.61 Å². The maximum Gasteiger partial charge on any atom is 0.218 e. The van der Waals surface area contributed by atoms with Gasteiger partial charge in [-0.15, -0.1) is 0 Å². The average Bonchev–Trinajstić information content (AvgIpc) is 2.62. The van der Waals surface area contributed by atoms with Gasteiger partial charge >= 0.3 is 0 Å². The zero-order chi connectivity index (χ0) is 13.1. The van der Waals surface area contributed by atoms with Crippen LogP contribution in [0.5, 0.6) is 0 Å². The molecule has 1 heterocycles. The van der Waals surface area contributed by atoms with E-state index in [1.165, 1.54) is 0 Å². The first-order valence-electron chi connectivity index (χ1n) is 5.35. The summed E-state index contributed by atoms with van der Waals surface area (Å²) in [5, 5.41) is 12.8. The molecule has 7 heteroatoms. The molecule has 6 nitrogen and oxygen atoms in total. The highest BCUT2D eigenvalue weighted by Crippen LogP contribution is 2.12. The van der Waals surface area contributed by atoms with Gasteiger partial charge in [0.1, 0.15) is 17.2 Å². The van der Waals surface area contributed by atoms with Crippen LogP contribution in [0.25, 0.3) is 0 Å². The van der Waals surface area contributed by atoms with Crippen molar-refractivity contribution in [2.45, 2.75) is 38.5 Å². The molecule has 0 radical (unpaired) electrons. The third-order valence-corrected chi connectivity index (χ3v) is 4.03. The third-order valence-electron chi connectivity index (χ3n) is 2.55. The Bertz CT molecular complexity index is 462. The van der Waals surface area contributed by atoms with Gasteiger partial charge in [-0.05, 0) is 20.3 Å². The number of hydrogen-bond acceptors (Lipinski definition) is 5. The van der Waals surface area contributed by atoms with Crippen LogP contribution in [0.2, 0.25) is 0 Å². The predicted molar refractivity (Wildman–Crippen MR) is 62.8 cm³/mol. The standard InChI is InChI=1S/C10H18N2O4S/c1-4-10(3,7-13)12-17(14,15)6-9-5-8(2)16-11-9/h5,12-13H,4,6-7H2,1-3H3. The van der Waals surface area contributed by atoms with E-state index >= 15 is 0 Å². The van der Waals surface area contributed by atoms with Crippen LogP contribution in [-0.2, 0) is 15.8 Å². The maximum atomic E-state index is 11.8. The van der Waals surface area contributed by atoms with Crippen LogP contribution in [0.3, 0.4) is 0 Å². The third kappa shape index (κ3) is 4.10. The number of aromatic nitrogens is 1. The summed E-state index contributed by atoms with van der Waals surface area (Å²) in [7, 11) is -3.54. The zero-order valence-corrected chi connectivity index (χ0v) is 11.0. The Labute approximate surface area is 101 Å². The number of aliphatic hydroxyl groups excluding tert-OH is 1. The Kier molecular flexibility index (Phi) is 4.29. The molecule has 0 aliphatic rings. The molecule has 17 heavy (non-hydrogen) atoms. The molecule has 0 bridgehead atoms. The number of nitrogens with one attached hydrogen (secondary N) is 1. The van der Waals surface area contributed by atoms with Crippen molar-refractivity contribution in [3.63, 3.8) is 0 Å². The predicted octanol–water partition coefficient (Wildman–Crippen LogP) is 0.563. The Morgan fingerprint density at radius 2 is 2.24 bits per heavy atom. The molecule has 0 aliphatic heterocycles. The van der Waals surface area contributed by atoms with E-state index in [1.54, 1.807) is 26.8 Å². The van der Waals surface area contributed by atoms with Crippen LogP contribution in [0, 0.1) is 6.92 Å². The van der Waals surface area contributed by atoms with Crippen molar-refractivity contribution >= 4 is 10.0 Å². The first kappa shape index (κ1) is 14.1. The first-order valence-corrected chi connectivity index (χ1v) is 7.00. The van der Waals surface area contributed by atoms with Gasteiger partial charge in [-0.3, -0.25) is 0 Å². The van der Waals surface area contributed by atoms with Crippen molar-refractivity contribution in [2.24, 2.45) is 0 Å². The number of rotatable bonds is 6. The smallest absolute Gasteiger partial charge is 0.218 e. The minimum atomic E-state index is -3.54. The molecule has 2 N–H and O–H groups in total. The highest BCUT2D eigenvalue weighted by atomic mass is 32.2. The molecule has 1 unspecified atom stereocenters. The SMILES string of the molecule is CCC(C)(CO)NS(=O)(=O)Cc1cc(C)on1. The fourth-order valence-electron chi connectivity index (χ4n) is 1.31. The van der Waals surface area contributed by atoms with E-state index in [0.29, 0.717) is 17.9 Å². The van der Waals surface area contributed by atoms with E-state index in [-0.39, 0.29) is 12.4 Å². The van der Waals surface area contributed by atoms with Gasteiger partial charge in [0.25, 0.3) is 0 Å². The van der Waals surface area contributed by atoms with Crippen LogP contribution in [0.15, 0.2) is 10.6 Å². The second kappa shape index (κ2) is 5.16. The van der Waals surface area contributed by atoms with Crippen molar-refractivity contribution in [3.05, 3.63) is 17.5 Å². The highest BCUT2D eigenvalue weighted by molar-refractivity contribution is 7.88. The molecule has 0 saturated carbocycles. The molecule has 0 saturated heterocycles. The summed E-state index contributed by atoms with van der Waals surface area (Å²) in [6.07, 6.45) is 0.501. The Balaban J connectivity index is 2.76.